The fourth-order valence-corrected chi connectivity index (χ4v) is 2.48. The lowest BCUT2D eigenvalue weighted by atomic mass is 9.82. The van der Waals surface area contributed by atoms with Gasteiger partial charge in [-0.3, -0.25) is 4.79 Å². The summed E-state index contributed by atoms with van der Waals surface area (Å²) in [5, 5.41) is 0. The van der Waals surface area contributed by atoms with E-state index in [0.29, 0.717) is 32.5 Å². The zero-order chi connectivity index (χ0) is 13.2. The molecule has 0 aliphatic carbocycles. The van der Waals surface area contributed by atoms with E-state index in [1.807, 2.05) is 32.0 Å². The lowest BCUT2D eigenvalue weighted by Gasteiger charge is -2.32. The Morgan fingerprint density at radius 1 is 1.28 bits per heavy atom. The van der Waals surface area contributed by atoms with Crippen molar-refractivity contribution in [2.45, 2.75) is 38.6 Å². The van der Waals surface area contributed by atoms with Gasteiger partial charge in [0.1, 0.15) is 0 Å². The largest absolute Gasteiger partial charge is 0.381 e. The highest BCUT2D eigenvalue weighted by Crippen LogP contribution is 2.23. The fourth-order valence-electron chi connectivity index (χ4n) is 2.48. The van der Waals surface area contributed by atoms with Gasteiger partial charge >= 0.3 is 0 Å². The molecule has 0 amide bonds. The third-order valence-corrected chi connectivity index (χ3v) is 3.92. The van der Waals surface area contributed by atoms with Crippen LogP contribution >= 0.6 is 0 Å². The van der Waals surface area contributed by atoms with Crippen LogP contribution in [0.4, 0.5) is 0 Å². The Balaban J connectivity index is 2.16. The number of rotatable bonds is 3. The molecule has 1 aliphatic heterocycles. The Hall–Kier alpha value is -1.19. The van der Waals surface area contributed by atoms with Crippen molar-refractivity contribution in [3.8, 4) is 0 Å². The minimum Gasteiger partial charge on any atom is -0.381 e. The molecule has 0 bridgehead atoms. The molecule has 0 atom stereocenters. The van der Waals surface area contributed by atoms with Gasteiger partial charge in [-0.25, -0.2) is 0 Å². The molecule has 0 saturated carbocycles. The number of hydrogen-bond donors (Lipinski definition) is 1. The SMILES string of the molecule is Cc1cccc(C)c1CC(=O)C1(N)CCOCC1. The molecule has 1 aromatic rings. The van der Waals surface area contributed by atoms with Crippen molar-refractivity contribution in [2.24, 2.45) is 5.73 Å². The van der Waals surface area contributed by atoms with Crippen molar-refractivity contribution in [1.82, 2.24) is 0 Å². The van der Waals surface area contributed by atoms with Crippen LogP contribution in [0.15, 0.2) is 18.2 Å². The molecule has 98 valence electrons. The molecule has 3 nitrogen and oxygen atoms in total. The molecular formula is C15H21NO2. The maximum atomic E-state index is 12.4. The van der Waals surface area contributed by atoms with Crippen molar-refractivity contribution in [3.63, 3.8) is 0 Å². The lowest BCUT2D eigenvalue weighted by Crippen LogP contribution is -2.52. The first-order chi connectivity index (χ1) is 8.53. The summed E-state index contributed by atoms with van der Waals surface area (Å²) in [4.78, 5) is 12.4. The molecule has 18 heavy (non-hydrogen) atoms. The van der Waals surface area contributed by atoms with Crippen LogP contribution in [0.3, 0.4) is 0 Å². The van der Waals surface area contributed by atoms with Gasteiger partial charge in [0.2, 0.25) is 0 Å². The highest BCUT2D eigenvalue weighted by molar-refractivity contribution is 5.90. The highest BCUT2D eigenvalue weighted by Gasteiger charge is 2.35. The topological polar surface area (TPSA) is 52.3 Å². The summed E-state index contributed by atoms with van der Waals surface area (Å²) >= 11 is 0. The molecule has 1 saturated heterocycles. The predicted molar refractivity (Wildman–Crippen MR) is 71.6 cm³/mol. The minimum atomic E-state index is -0.688. The molecule has 1 aromatic carbocycles. The summed E-state index contributed by atoms with van der Waals surface area (Å²) in [7, 11) is 0. The van der Waals surface area contributed by atoms with E-state index in [4.69, 9.17) is 10.5 Å². The van der Waals surface area contributed by atoms with Crippen LogP contribution in [-0.2, 0) is 16.0 Å². The summed E-state index contributed by atoms with van der Waals surface area (Å²) in [5.41, 5.74) is 8.99. The molecule has 2 rings (SSSR count). The summed E-state index contributed by atoms with van der Waals surface area (Å²) < 4.78 is 5.28. The fraction of sp³-hybridized carbons (Fsp3) is 0.533. The molecule has 1 fully saturated rings. The van der Waals surface area contributed by atoms with Crippen LogP contribution < -0.4 is 5.73 Å². The van der Waals surface area contributed by atoms with Gasteiger partial charge in [-0.05, 0) is 43.4 Å². The molecule has 0 radical (unpaired) electrons. The maximum Gasteiger partial charge on any atom is 0.157 e. The van der Waals surface area contributed by atoms with Gasteiger partial charge in [-0.15, -0.1) is 0 Å². The second kappa shape index (κ2) is 5.21. The first-order valence-corrected chi connectivity index (χ1v) is 6.48. The van der Waals surface area contributed by atoms with E-state index >= 15 is 0 Å². The second-order valence-electron chi connectivity index (χ2n) is 5.24. The van der Waals surface area contributed by atoms with E-state index < -0.39 is 5.54 Å². The number of carbonyl (C=O) groups excluding carboxylic acids is 1. The number of carbonyl (C=O) groups is 1. The van der Waals surface area contributed by atoms with Crippen LogP contribution in [0, 0.1) is 13.8 Å². The van der Waals surface area contributed by atoms with Crippen LogP contribution in [0.25, 0.3) is 0 Å². The average molecular weight is 247 g/mol. The van der Waals surface area contributed by atoms with Gasteiger partial charge in [0.05, 0.1) is 5.54 Å². The van der Waals surface area contributed by atoms with E-state index in [1.54, 1.807) is 0 Å². The summed E-state index contributed by atoms with van der Waals surface area (Å²) in [6.45, 7) is 5.27. The zero-order valence-electron chi connectivity index (χ0n) is 11.2. The Morgan fingerprint density at radius 2 is 1.83 bits per heavy atom. The molecule has 1 heterocycles. The van der Waals surface area contributed by atoms with Gasteiger partial charge in [0, 0.05) is 19.6 Å². The predicted octanol–water partition coefficient (Wildman–Crippen LogP) is 1.92. The third kappa shape index (κ3) is 2.62. The van der Waals surface area contributed by atoms with Gasteiger partial charge in [-0.2, -0.15) is 0 Å². The van der Waals surface area contributed by atoms with Crippen molar-refractivity contribution in [3.05, 3.63) is 34.9 Å². The number of benzene rings is 1. The normalized spacial score (nSPS) is 18.6. The Kier molecular flexibility index (Phi) is 3.83. The Morgan fingerprint density at radius 3 is 2.39 bits per heavy atom. The smallest absolute Gasteiger partial charge is 0.157 e. The summed E-state index contributed by atoms with van der Waals surface area (Å²) in [6, 6.07) is 6.11. The van der Waals surface area contributed by atoms with Crippen LogP contribution in [-0.4, -0.2) is 24.5 Å². The number of ketones is 1. The maximum absolute atomic E-state index is 12.4. The Bertz CT molecular complexity index is 428. The molecule has 1 aliphatic rings. The molecular weight excluding hydrogens is 226 g/mol. The molecule has 3 heteroatoms. The van der Waals surface area contributed by atoms with Gasteiger partial charge in [0.25, 0.3) is 0 Å². The molecule has 2 N–H and O–H groups in total. The number of aryl methyl sites for hydroxylation is 2. The van der Waals surface area contributed by atoms with Crippen LogP contribution in [0.1, 0.15) is 29.5 Å². The first-order valence-electron chi connectivity index (χ1n) is 6.48. The number of Topliss-reactive ketones (excluding diaryl/α,β-unsaturated/α-hetero) is 1. The standard InChI is InChI=1S/C15H21NO2/c1-11-4-3-5-12(2)13(11)10-14(17)15(16)6-8-18-9-7-15/h3-5H,6-10,16H2,1-2H3. The quantitative estimate of drug-likeness (QED) is 0.888. The van der Waals surface area contributed by atoms with Crippen LogP contribution in [0.5, 0.6) is 0 Å². The average Bonchev–Trinajstić information content (AvgIpc) is 2.34. The van der Waals surface area contributed by atoms with Crippen LogP contribution in [0.2, 0.25) is 0 Å². The molecule has 0 unspecified atom stereocenters. The number of hydrogen-bond acceptors (Lipinski definition) is 3. The van der Waals surface area contributed by atoms with Crippen molar-refractivity contribution < 1.29 is 9.53 Å². The lowest BCUT2D eigenvalue weighted by molar-refractivity contribution is -0.126. The molecule has 0 aromatic heterocycles. The number of nitrogens with two attached hydrogens (primary N) is 1. The van der Waals surface area contributed by atoms with Crippen molar-refractivity contribution in [1.29, 1.82) is 0 Å². The first kappa shape index (κ1) is 13.2. The van der Waals surface area contributed by atoms with Gasteiger partial charge < -0.3 is 10.5 Å². The monoisotopic (exact) mass is 247 g/mol. The minimum absolute atomic E-state index is 0.142. The summed E-state index contributed by atoms with van der Waals surface area (Å²) in [6.07, 6.45) is 1.71. The van der Waals surface area contributed by atoms with E-state index in [1.165, 1.54) is 11.1 Å². The van der Waals surface area contributed by atoms with E-state index in [0.717, 1.165) is 5.56 Å². The van der Waals surface area contributed by atoms with Gasteiger partial charge in [0.15, 0.2) is 5.78 Å². The third-order valence-electron chi connectivity index (χ3n) is 3.92. The van der Waals surface area contributed by atoms with Crippen molar-refractivity contribution >= 4 is 5.78 Å². The van der Waals surface area contributed by atoms with E-state index in [2.05, 4.69) is 0 Å². The van der Waals surface area contributed by atoms with Gasteiger partial charge in [-0.1, -0.05) is 18.2 Å². The van der Waals surface area contributed by atoms with Crippen molar-refractivity contribution in [2.75, 3.05) is 13.2 Å². The van der Waals surface area contributed by atoms with E-state index in [-0.39, 0.29) is 5.78 Å². The van der Waals surface area contributed by atoms with E-state index in [9.17, 15) is 4.79 Å². The second-order valence-corrected chi connectivity index (χ2v) is 5.24. The number of ether oxygens (including phenoxy) is 1. The highest BCUT2D eigenvalue weighted by atomic mass is 16.5. The molecule has 0 spiro atoms. The zero-order valence-corrected chi connectivity index (χ0v) is 11.2. The Labute approximate surface area is 108 Å². The summed E-state index contributed by atoms with van der Waals surface area (Å²) in [5.74, 6) is 0.142.